The van der Waals surface area contributed by atoms with Crippen LogP contribution in [0.25, 0.3) is 0 Å². The monoisotopic (exact) mass is 363 g/mol. The average molecular weight is 364 g/mol. The SMILES string of the molecule is O=C1N(Cc2ccccc2)[C@H](c2ccc(Cl)cc2)[C@]1(O)c1ccccc1. The van der Waals surface area contributed by atoms with Gasteiger partial charge in [-0.05, 0) is 28.8 Å². The first-order valence-electron chi connectivity index (χ1n) is 8.49. The Morgan fingerprint density at radius 1 is 0.885 bits per heavy atom. The van der Waals surface area contributed by atoms with Crippen molar-refractivity contribution < 1.29 is 9.90 Å². The minimum atomic E-state index is -1.57. The molecule has 0 aliphatic carbocycles. The molecule has 26 heavy (non-hydrogen) atoms. The number of amides is 1. The quantitative estimate of drug-likeness (QED) is 0.701. The molecule has 1 N–H and O–H groups in total. The maximum absolute atomic E-state index is 13.0. The molecule has 3 aromatic rings. The fraction of sp³-hybridized carbons (Fsp3) is 0.136. The Morgan fingerprint density at radius 2 is 1.46 bits per heavy atom. The van der Waals surface area contributed by atoms with Crippen LogP contribution >= 0.6 is 11.6 Å². The molecular weight excluding hydrogens is 346 g/mol. The first-order chi connectivity index (χ1) is 12.6. The number of rotatable bonds is 4. The number of hydrogen-bond donors (Lipinski definition) is 1. The molecule has 0 bridgehead atoms. The van der Waals surface area contributed by atoms with Gasteiger partial charge in [-0.1, -0.05) is 84.4 Å². The number of likely N-dealkylation sites (tertiary alicyclic amines) is 1. The van der Waals surface area contributed by atoms with Crippen LogP contribution in [-0.4, -0.2) is 15.9 Å². The van der Waals surface area contributed by atoms with E-state index in [0.717, 1.165) is 11.1 Å². The van der Waals surface area contributed by atoms with Crippen LogP contribution in [0.2, 0.25) is 5.02 Å². The van der Waals surface area contributed by atoms with Crippen molar-refractivity contribution in [2.45, 2.75) is 18.2 Å². The molecule has 0 saturated carbocycles. The van der Waals surface area contributed by atoms with Gasteiger partial charge in [0, 0.05) is 11.6 Å². The highest BCUT2D eigenvalue weighted by molar-refractivity contribution is 6.30. The molecule has 1 aliphatic heterocycles. The van der Waals surface area contributed by atoms with Crippen molar-refractivity contribution in [2.75, 3.05) is 0 Å². The zero-order valence-corrected chi connectivity index (χ0v) is 14.8. The second-order valence-electron chi connectivity index (χ2n) is 6.51. The molecule has 1 heterocycles. The van der Waals surface area contributed by atoms with Crippen LogP contribution < -0.4 is 0 Å². The highest BCUT2D eigenvalue weighted by Gasteiger charge is 2.61. The van der Waals surface area contributed by atoms with Crippen molar-refractivity contribution in [3.8, 4) is 0 Å². The fourth-order valence-corrected chi connectivity index (χ4v) is 3.72. The number of β-lactam (4-membered cyclic amide) rings is 1. The van der Waals surface area contributed by atoms with E-state index in [0.29, 0.717) is 17.1 Å². The smallest absolute Gasteiger partial charge is 0.262 e. The Labute approximate surface area is 157 Å². The van der Waals surface area contributed by atoms with E-state index in [1.54, 1.807) is 29.2 Å². The van der Waals surface area contributed by atoms with E-state index in [9.17, 15) is 9.90 Å². The predicted molar refractivity (Wildman–Crippen MR) is 102 cm³/mol. The average Bonchev–Trinajstić information content (AvgIpc) is 2.70. The Bertz CT molecular complexity index is 912. The second-order valence-corrected chi connectivity index (χ2v) is 6.94. The summed E-state index contributed by atoms with van der Waals surface area (Å²) in [6.07, 6.45) is 0. The normalized spacial score (nSPS) is 22.2. The Morgan fingerprint density at radius 3 is 2.08 bits per heavy atom. The van der Waals surface area contributed by atoms with E-state index in [-0.39, 0.29) is 5.91 Å². The fourth-order valence-electron chi connectivity index (χ4n) is 3.60. The largest absolute Gasteiger partial charge is 0.373 e. The minimum Gasteiger partial charge on any atom is -0.373 e. The summed E-state index contributed by atoms with van der Waals surface area (Å²) in [5.74, 6) is -0.285. The number of halogens is 1. The molecule has 130 valence electrons. The Kier molecular flexibility index (Phi) is 4.27. The number of carbonyl (C=O) groups is 1. The third-order valence-corrected chi connectivity index (χ3v) is 5.14. The van der Waals surface area contributed by atoms with Gasteiger partial charge in [-0.3, -0.25) is 4.79 Å². The summed E-state index contributed by atoms with van der Waals surface area (Å²) in [6.45, 7) is 0.447. The van der Waals surface area contributed by atoms with Gasteiger partial charge >= 0.3 is 0 Å². The maximum atomic E-state index is 13.0. The second kappa shape index (κ2) is 6.60. The van der Waals surface area contributed by atoms with E-state index >= 15 is 0 Å². The first-order valence-corrected chi connectivity index (χ1v) is 8.87. The van der Waals surface area contributed by atoms with Crippen LogP contribution in [0.3, 0.4) is 0 Å². The highest BCUT2D eigenvalue weighted by Crippen LogP contribution is 2.50. The van der Waals surface area contributed by atoms with Gasteiger partial charge in [0.25, 0.3) is 5.91 Å². The number of carbonyl (C=O) groups excluding carboxylic acids is 1. The van der Waals surface area contributed by atoms with E-state index < -0.39 is 11.6 Å². The molecule has 0 spiro atoms. The van der Waals surface area contributed by atoms with Gasteiger partial charge in [0.1, 0.15) is 0 Å². The van der Waals surface area contributed by atoms with Crippen molar-refractivity contribution in [1.82, 2.24) is 4.90 Å². The van der Waals surface area contributed by atoms with E-state index in [2.05, 4.69) is 0 Å². The van der Waals surface area contributed by atoms with Crippen LogP contribution in [-0.2, 0) is 16.9 Å². The zero-order chi connectivity index (χ0) is 18.1. The molecule has 1 aliphatic rings. The Balaban J connectivity index is 1.75. The number of hydrogen-bond acceptors (Lipinski definition) is 2. The minimum absolute atomic E-state index is 0.285. The third kappa shape index (κ3) is 2.70. The van der Waals surface area contributed by atoms with Gasteiger partial charge in [-0.15, -0.1) is 0 Å². The van der Waals surface area contributed by atoms with Crippen LogP contribution in [0, 0.1) is 0 Å². The standard InChI is InChI=1S/C22H18ClNO2/c23-19-13-11-17(12-14-19)20-22(26,18-9-5-2-6-10-18)21(25)24(20)15-16-7-3-1-4-8-16/h1-14,20,26H,15H2/t20-,22-/m1/s1. The number of nitrogens with zero attached hydrogens (tertiary/aromatic N) is 1. The van der Waals surface area contributed by atoms with Crippen LogP contribution in [0.15, 0.2) is 84.9 Å². The van der Waals surface area contributed by atoms with Crippen molar-refractivity contribution in [1.29, 1.82) is 0 Å². The molecule has 1 fully saturated rings. The third-order valence-electron chi connectivity index (χ3n) is 4.89. The van der Waals surface area contributed by atoms with Gasteiger partial charge < -0.3 is 10.0 Å². The van der Waals surface area contributed by atoms with Crippen LogP contribution in [0.4, 0.5) is 0 Å². The Hall–Kier alpha value is -2.62. The van der Waals surface area contributed by atoms with E-state index in [1.165, 1.54) is 0 Å². The van der Waals surface area contributed by atoms with Crippen LogP contribution in [0.5, 0.6) is 0 Å². The van der Waals surface area contributed by atoms with Crippen molar-refractivity contribution >= 4 is 17.5 Å². The van der Waals surface area contributed by atoms with Gasteiger partial charge in [-0.2, -0.15) is 0 Å². The lowest BCUT2D eigenvalue weighted by atomic mass is 9.73. The van der Waals surface area contributed by atoms with E-state index in [4.69, 9.17) is 11.6 Å². The lowest BCUT2D eigenvalue weighted by Gasteiger charge is -2.53. The zero-order valence-electron chi connectivity index (χ0n) is 14.0. The molecule has 1 saturated heterocycles. The highest BCUT2D eigenvalue weighted by atomic mass is 35.5. The molecule has 3 aromatic carbocycles. The van der Waals surface area contributed by atoms with Gasteiger partial charge in [0.05, 0.1) is 6.04 Å². The molecule has 0 aromatic heterocycles. The van der Waals surface area contributed by atoms with Gasteiger partial charge in [-0.25, -0.2) is 0 Å². The molecule has 1 amide bonds. The molecule has 2 atom stereocenters. The summed E-state index contributed by atoms with van der Waals surface area (Å²) in [5, 5.41) is 12.0. The molecule has 4 heteroatoms. The molecule has 0 radical (unpaired) electrons. The topological polar surface area (TPSA) is 40.5 Å². The summed E-state index contributed by atoms with van der Waals surface area (Å²) in [7, 11) is 0. The van der Waals surface area contributed by atoms with Crippen molar-refractivity contribution in [2.24, 2.45) is 0 Å². The first kappa shape index (κ1) is 16.8. The maximum Gasteiger partial charge on any atom is 0.262 e. The summed E-state index contributed by atoms with van der Waals surface area (Å²) in [6, 6.07) is 25.7. The molecule has 0 unspecified atom stereocenters. The summed E-state index contributed by atoms with van der Waals surface area (Å²) in [4.78, 5) is 14.7. The summed E-state index contributed by atoms with van der Waals surface area (Å²) < 4.78 is 0. The lowest BCUT2D eigenvalue weighted by molar-refractivity contribution is -0.198. The van der Waals surface area contributed by atoms with E-state index in [1.807, 2.05) is 60.7 Å². The lowest BCUT2D eigenvalue weighted by Crippen LogP contribution is -2.65. The number of benzene rings is 3. The predicted octanol–water partition coefficient (Wildman–Crippen LogP) is 4.31. The molecular formula is C22H18ClNO2. The number of aliphatic hydroxyl groups is 1. The van der Waals surface area contributed by atoms with Crippen molar-refractivity contribution in [3.63, 3.8) is 0 Å². The summed E-state index contributed by atoms with van der Waals surface area (Å²) in [5.41, 5.74) is 0.921. The van der Waals surface area contributed by atoms with Gasteiger partial charge in [0.15, 0.2) is 5.60 Å². The van der Waals surface area contributed by atoms with Gasteiger partial charge in [0.2, 0.25) is 0 Å². The van der Waals surface area contributed by atoms with Crippen LogP contribution in [0.1, 0.15) is 22.7 Å². The molecule has 3 nitrogen and oxygen atoms in total. The summed E-state index contributed by atoms with van der Waals surface area (Å²) >= 11 is 6.02. The molecule has 4 rings (SSSR count). The van der Waals surface area contributed by atoms with Crippen molar-refractivity contribution in [3.05, 3.63) is 107 Å².